The van der Waals surface area contributed by atoms with Crippen LogP contribution >= 0.6 is 0 Å². The maximum absolute atomic E-state index is 5.43. The van der Waals surface area contributed by atoms with Gasteiger partial charge in [-0.25, -0.2) is 4.58 Å². The Bertz CT molecular complexity index is 449. The summed E-state index contributed by atoms with van der Waals surface area (Å²) in [6.45, 7) is 3.16. The normalized spacial score (nSPS) is 14.8. The van der Waals surface area contributed by atoms with E-state index in [1.165, 1.54) is 16.8 Å². The van der Waals surface area contributed by atoms with Crippen molar-refractivity contribution in [2.75, 3.05) is 27.8 Å². The summed E-state index contributed by atoms with van der Waals surface area (Å²) in [5.41, 5.74) is 3.70. The highest BCUT2D eigenvalue weighted by Gasteiger charge is 2.26. The Morgan fingerprint density at radius 1 is 1.12 bits per heavy atom. The van der Waals surface area contributed by atoms with E-state index in [1.807, 2.05) is 12.1 Å². The van der Waals surface area contributed by atoms with Gasteiger partial charge in [0.15, 0.2) is 5.71 Å². The van der Waals surface area contributed by atoms with Gasteiger partial charge in [-0.3, -0.25) is 0 Å². The lowest BCUT2D eigenvalue weighted by Crippen LogP contribution is -2.26. The average molecular weight is 220 g/mol. The molecule has 1 aliphatic heterocycles. The summed E-state index contributed by atoms with van der Waals surface area (Å²) in [4.78, 5) is 0. The van der Waals surface area contributed by atoms with Crippen molar-refractivity contribution >= 4 is 5.71 Å². The van der Waals surface area contributed by atoms with Crippen LogP contribution in [-0.2, 0) is 6.42 Å². The molecule has 86 valence electrons. The van der Waals surface area contributed by atoms with Crippen molar-refractivity contribution in [3.63, 3.8) is 0 Å². The van der Waals surface area contributed by atoms with Crippen LogP contribution in [0.25, 0.3) is 0 Å². The first-order valence-electron chi connectivity index (χ1n) is 5.48. The fourth-order valence-electron chi connectivity index (χ4n) is 2.25. The van der Waals surface area contributed by atoms with Gasteiger partial charge in [0.1, 0.15) is 25.1 Å². The van der Waals surface area contributed by atoms with Gasteiger partial charge in [0.2, 0.25) is 0 Å². The van der Waals surface area contributed by atoms with Gasteiger partial charge in [-0.1, -0.05) is 0 Å². The van der Waals surface area contributed by atoms with E-state index in [0.717, 1.165) is 24.5 Å². The summed E-state index contributed by atoms with van der Waals surface area (Å²) in [6, 6.07) is 3.95. The molecule has 1 aromatic rings. The minimum absolute atomic E-state index is 0.930. The molecule has 0 unspecified atom stereocenters. The standard InChI is InChI=1S/C13H18NO2/c1-9-13-10(7-8-14(9)2)11(15-3)5-6-12(13)16-4/h5-6H,7-8H2,1-4H3/q+1. The first-order chi connectivity index (χ1) is 7.69. The largest absolute Gasteiger partial charge is 0.496 e. The molecule has 1 aliphatic rings. The zero-order chi connectivity index (χ0) is 11.7. The molecule has 0 bridgehead atoms. The number of hydrogen-bond donors (Lipinski definition) is 0. The topological polar surface area (TPSA) is 21.5 Å². The molecule has 0 N–H and O–H groups in total. The van der Waals surface area contributed by atoms with Gasteiger partial charge in [-0.15, -0.1) is 0 Å². The molecule has 1 heterocycles. The lowest BCUT2D eigenvalue weighted by molar-refractivity contribution is -0.498. The summed E-state index contributed by atoms with van der Waals surface area (Å²) in [5.74, 6) is 1.89. The van der Waals surface area contributed by atoms with Gasteiger partial charge in [-0.05, 0) is 12.1 Å². The summed E-state index contributed by atoms with van der Waals surface area (Å²) >= 11 is 0. The Morgan fingerprint density at radius 3 is 2.38 bits per heavy atom. The summed E-state index contributed by atoms with van der Waals surface area (Å²) in [5, 5.41) is 0. The monoisotopic (exact) mass is 220 g/mol. The minimum Gasteiger partial charge on any atom is -0.496 e. The Labute approximate surface area is 96.3 Å². The molecule has 0 saturated carbocycles. The molecule has 0 atom stereocenters. The minimum atomic E-state index is 0.930. The molecule has 0 aromatic heterocycles. The maximum Gasteiger partial charge on any atom is 0.184 e. The van der Waals surface area contributed by atoms with E-state index in [0.29, 0.717) is 0 Å². The van der Waals surface area contributed by atoms with E-state index in [9.17, 15) is 0 Å². The quantitative estimate of drug-likeness (QED) is 0.708. The second-order valence-corrected chi connectivity index (χ2v) is 4.08. The summed E-state index contributed by atoms with van der Waals surface area (Å²) < 4.78 is 13.1. The molecule has 16 heavy (non-hydrogen) atoms. The number of nitrogens with zero attached hydrogens (tertiary/aromatic N) is 1. The van der Waals surface area contributed by atoms with Crippen molar-refractivity contribution < 1.29 is 14.0 Å². The first kappa shape index (κ1) is 11.0. The van der Waals surface area contributed by atoms with Crippen LogP contribution in [0, 0.1) is 0 Å². The molecule has 2 rings (SSSR count). The Balaban J connectivity index is 2.68. The highest BCUT2D eigenvalue weighted by Crippen LogP contribution is 2.33. The highest BCUT2D eigenvalue weighted by molar-refractivity contribution is 6.00. The van der Waals surface area contributed by atoms with E-state index in [4.69, 9.17) is 9.47 Å². The Morgan fingerprint density at radius 2 is 1.75 bits per heavy atom. The van der Waals surface area contributed by atoms with E-state index in [2.05, 4.69) is 18.5 Å². The third-order valence-corrected chi connectivity index (χ3v) is 3.30. The average Bonchev–Trinajstić information content (AvgIpc) is 2.32. The molecule has 0 saturated heterocycles. The van der Waals surface area contributed by atoms with Crippen LogP contribution in [0.1, 0.15) is 18.1 Å². The lowest BCUT2D eigenvalue weighted by atomic mass is 9.95. The summed E-state index contributed by atoms with van der Waals surface area (Å²) in [7, 11) is 5.54. The van der Waals surface area contributed by atoms with Gasteiger partial charge in [-0.2, -0.15) is 0 Å². The SMILES string of the molecule is COc1ccc(OC)c2c1CC[N+](C)=C2C. The van der Waals surface area contributed by atoms with E-state index >= 15 is 0 Å². The number of likely N-dealkylation sites (N-methyl/N-ethyl adjacent to an activating group) is 1. The number of ether oxygens (including phenoxy) is 2. The molecule has 1 aromatic carbocycles. The van der Waals surface area contributed by atoms with E-state index in [-0.39, 0.29) is 0 Å². The molecule has 0 radical (unpaired) electrons. The third kappa shape index (κ3) is 1.56. The summed E-state index contributed by atoms with van der Waals surface area (Å²) in [6.07, 6.45) is 1.00. The zero-order valence-corrected chi connectivity index (χ0v) is 10.3. The fraction of sp³-hybridized carbons (Fsp3) is 0.462. The van der Waals surface area contributed by atoms with Crippen LogP contribution in [-0.4, -0.2) is 38.1 Å². The van der Waals surface area contributed by atoms with Crippen molar-refractivity contribution in [1.29, 1.82) is 0 Å². The van der Waals surface area contributed by atoms with Crippen LogP contribution in [0.15, 0.2) is 12.1 Å². The number of benzene rings is 1. The second kappa shape index (κ2) is 4.16. The Kier molecular flexibility index (Phi) is 2.86. The second-order valence-electron chi connectivity index (χ2n) is 4.08. The molecule has 0 fully saturated rings. The van der Waals surface area contributed by atoms with Crippen LogP contribution in [0.3, 0.4) is 0 Å². The molecule has 0 spiro atoms. The maximum atomic E-state index is 5.43. The number of fused-ring (bicyclic) bond motifs is 1. The highest BCUT2D eigenvalue weighted by atomic mass is 16.5. The number of methoxy groups -OCH3 is 2. The van der Waals surface area contributed by atoms with Crippen molar-refractivity contribution in [1.82, 2.24) is 0 Å². The molecule has 0 aliphatic carbocycles. The predicted molar refractivity (Wildman–Crippen MR) is 64.1 cm³/mol. The molecule has 0 amide bonds. The van der Waals surface area contributed by atoms with Gasteiger partial charge in [0.05, 0.1) is 19.8 Å². The van der Waals surface area contributed by atoms with E-state index in [1.54, 1.807) is 14.2 Å². The predicted octanol–water partition coefficient (Wildman–Crippen LogP) is 1.71. The van der Waals surface area contributed by atoms with Crippen molar-refractivity contribution in [2.24, 2.45) is 0 Å². The molecular formula is C13H18NO2+. The smallest absolute Gasteiger partial charge is 0.184 e. The van der Waals surface area contributed by atoms with Gasteiger partial charge >= 0.3 is 0 Å². The first-order valence-corrected chi connectivity index (χ1v) is 5.48. The lowest BCUT2D eigenvalue weighted by Gasteiger charge is -2.19. The van der Waals surface area contributed by atoms with Crippen molar-refractivity contribution in [3.8, 4) is 11.5 Å². The van der Waals surface area contributed by atoms with Gasteiger partial charge < -0.3 is 9.47 Å². The zero-order valence-electron chi connectivity index (χ0n) is 10.3. The number of hydrogen-bond acceptors (Lipinski definition) is 2. The van der Waals surface area contributed by atoms with Crippen molar-refractivity contribution in [2.45, 2.75) is 13.3 Å². The van der Waals surface area contributed by atoms with Crippen molar-refractivity contribution in [3.05, 3.63) is 23.3 Å². The molecule has 3 heteroatoms. The van der Waals surface area contributed by atoms with Crippen LogP contribution in [0.5, 0.6) is 11.5 Å². The third-order valence-electron chi connectivity index (χ3n) is 3.30. The van der Waals surface area contributed by atoms with Crippen LogP contribution in [0.4, 0.5) is 0 Å². The van der Waals surface area contributed by atoms with Crippen LogP contribution in [0.2, 0.25) is 0 Å². The molecule has 3 nitrogen and oxygen atoms in total. The van der Waals surface area contributed by atoms with Gasteiger partial charge in [0.25, 0.3) is 0 Å². The fourth-order valence-corrected chi connectivity index (χ4v) is 2.25. The Hall–Kier alpha value is -1.51. The van der Waals surface area contributed by atoms with Gasteiger partial charge in [0, 0.05) is 18.9 Å². The van der Waals surface area contributed by atoms with E-state index < -0.39 is 0 Å². The number of rotatable bonds is 2. The molecular weight excluding hydrogens is 202 g/mol. The van der Waals surface area contributed by atoms with Crippen LogP contribution < -0.4 is 9.47 Å².